The van der Waals surface area contributed by atoms with Crippen LogP contribution in [0.25, 0.3) is 0 Å². The molecule has 0 spiro atoms. The molecule has 2 rings (SSSR count). The number of aryl methyl sites for hydroxylation is 1. The van der Waals surface area contributed by atoms with E-state index >= 15 is 0 Å². The minimum Gasteiger partial charge on any atom is -0.394 e. The van der Waals surface area contributed by atoms with E-state index in [0.29, 0.717) is 5.92 Å². The third-order valence-corrected chi connectivity index (χ3v) is 3.79. The molecule has 0 saturated carbocycles. The molecule has 20 heavy (non-hydrogen) atoms. The van der Waals surface area contributed by atoms with E-state index in [1.54, 1.807) is 0 Å². The maximum Gasteiger partial charge on any atom is 0.150 e. The van der Waals surface area contributed by atoms with Crippen LogP contribution in [-0.2, 0) is 13.6 Å². The SMILES string of the molecule is CC(C)c1nn(C)c(N(C)Cc2cccc(Br)c2)c1N. The van der Waals surface area contributed by atoms with E-state index < -0.39 is 0 Å². The van der Waals surface area contributed by atoms with Gasteiger partial charge in [-0.2, -0.15) is 5.10 Å². The Bertz CT molecular complexity index is 604. The number of nitrogen functional groups attached to an aromatic ring is 1. The summed E-state index contributed by atoms with van der Waals surface area (Å²) in [6.45, 7) is 5.01. The molecule has 2 N–H and O–H groups in total. The van der Waals surface area contributed by atoms with Gasteiger partial charge in [-0.25, -0.2) is 0 Å². The molecule has 0 amide bonds. The number of anilines is 2. The van der Waals surface area contributed by atoms with Crippen LogP contribution in [0.5, 0.6) is 0 Å². The molecular weight excluding hydrogens is 316 g/mol. The van der Waals surface area contributed by atoms with Crippen molar-refractivity contribution in [1.82, 2.24) is 9.78 Å². The second-order valence-corrected chi connectivity index (χ2v) is 6.30. The monoisotopic (exact) mass is 336 g/mol. The number of nitrogens with two attached hydrogens (primary N) is 1. The van der Waals surface area contributed by atoms with E-state index in [2.05, 4.69) is 51.9 Å². The molecule has 0 bridgehead atoms. The van der Waals surface area contributed by atoms with E-state index in [1.807, 2.05) is 30.9 Å². The van der Waals surface area contributed by atoms with E-state index in [9.17, 15) is 0 Å². The van der Waals surface area contributed by atoms with Crippen molar-refractivity contribution in [2.24, 2.45) is 7.05 Å². The van der Waals surface area contributed by atoms with Gasteiger partial charge in [-0.3, -0.25) is 4.68 Å². The number of aromatic nitrogens is 2. The second kappa shape index (κ2) is 5.87. The van der Waals surface area contributed by atoms with Crippen LogP contribution in [0.1, 0.15) is 31.0 Å². The molecule has 1 aromatic carbocycles. The molecule has 2 aromatic rings. The van der Waals surface area contributed by atoms with Gasteiger partial charge >= 0.3 is 0 Å². The molecule has 0 radical (unpaired) electrons. The standard InChI is InChI=1S/C15H21BrN4/c1-10(2)14-13(17)15(20(4)18-14)19(3)9-11-6-5-7-12(16)8-11/h5-8,10H,9,17H2,1-4H3. The second-order valence-electron chi connectivity index (χ2n) is 5.39. The fraction of sp³-hybridized carbons (Fsp3) is 0.400. The molecule has 0 aliphatic heterocycles. The van der Waals surface area contributed by atoms with E-state index in [-0.39, 0.29) is 0 Å². The Labute approximate surface area is 128 Å². The predicted octanol–water partition coefficient (Wildman–Crippen LogP) is 3.52. The summed E-state index contributed by atoms with van der Waals surface area (Å²) in [5, 5.41) is 4.53. The third-order valence-electron chi connectivity index (χ3n) is 3.30. The Hall–Kier alpha value is -1.49. The highest BCUT2D eigenvalue weighted by molar-refractivity contribution is 9.10. The van der Waals surface area contributed by atoms with Gasteiger partial charge in [0, 0.05) is 25.1 Å². The van der Waals surface area contributed by atoms with Gasteiger partial charge in [0.25, 0.3) is 0 Å². The number of benzene rings is 1. The quantitative estimate of drug-likeness (QED) is 0.928. The van der Waals surface area contributed by atoms with Crippen LogP contribution in [0.4, 0.5) is 11.5 Å². The predicted molar refractivity (Wildman–Crippen MR) is 88.0 cm³/mol. The summed E-state index contributed by atoms with van der Waals surface area (Å²) in [7, 11) is 3.98. The molecule has 0 aliphatic rings. The highest BCUT2D eigenvalue weighted by Gasteiger charge is 2.18. The van der Waals surface area contributed by atoms with Crippen molar-refractivity contribution in [3.05, 3.63) is 40.0 Å². The summed E-state index contributed by atoms with van der Waals surface area (Å²) in [6, 6.07) is 8.29. The minimum absolute atomic E-state index is 0.328. The summed E-state index contributed by atoms with van der Waals surface area (Å²) in [5.41, 5.74) is 9.22. The lowest BCUT2D eigenvalue weighted by Crippen LogP contribution is -2.20. The maximum atomic E-state index is 6.26. The lowest BCUT2D eigenvalue weighted by atomic mass is 10.1. The molecule has 108 valence electrons. The summed E-state index contributed by atoms with van der Waals surface area (Å²) >= 11 is 3.50. The molecule has 0 atom stereocenters. The highest BCUT2D eigenvalue weighted by Crippen LogP contribution is 2.30. The first-order valence-electron chi connectivity index (χ1n) is 6.68. The van der Waals surface area contributed by atoms with Crippen molar-refractivity contribution in [3.63, 3.8) is 0 Å². The number of nitrogens with zero attached hydrogens (tertiary/aromatic N) is 3. The number of hydrogen-bond acceptors (Lipinski definition) is 3. The first kappa shape index (κ1) is 14.9. The van der Waals surface area contributed by atoms with Crippen LogP contribution in [0.15, 0.2) is 28.7 Å². The topological polar surface area (TPSA) is 47.1 Å². The number of rotatable bonds is 4. The Morgan fingerprint density at radius 1 is 1.40 bits per heavy atom. The van der Waals surface area contributed by atoms with Gasteiger partial charge in [-0.05, 0) is 23.6 Å². The molecular formula is C15H21BrN4. The van der Waals surface area contributed by atoms with E-state index in [1.165, 1.54) is 5.56 Å². The molecule has 0 fully saturated rings. The van der Waals surface area contributed by atoms with Gasteiger partial charge in [-0.15, -0.1) is 0 Å². The normalized spacial score (nSPS) is 11.1. The lowest BCUT2D eigenvalue weighted by Gasteiger charge is -2.20. The lowest BCUT2D eigenvalue weighted by molar-refractivity contribution is 0.698. The fourth-order valence-corrected chi connectivity index (χ4v) is 2.86. The van der Waals surface area contributed by atoms with Gasteiger partial charge in [0.2, 0.25) is 0 Å². The van der Waals surface area contributed by atoms with Crippen molar-refractivity contribution >= 4 is 27.4 Å². The molecule has 1 aromatic heterocycles. The average molecular weight is 337 g/mol. The molecule has 1 heterocycles. The van der Waals surface area contributed by atoms with Crippen LogP contribution < -0.4 is 10.6 Å². The molecule has 0 saturated heterocycles. The van der Waals surface area contributed by atoms with Crippen molar-refractivity contribution in [2.45, 2.75) is 26.3 Å². The zero-order chi connectivity index (χ0) is 14.9. The Morgan fingerprint density at radius 2 is 2.10 bits per heavy atom. The Balaban J connectivity index is 2.27. The van der Waals surface area contributed by atoms with E-state index in [0.717, 1.165) is 28.2 Å². The summed E-state index contributed by atoms with van der Waals surface area (Å²) in [4.78, 5) is 2.13. The third kappa shape index (κ3) is 2.98. The average Bonchev–Trinajstić information content (AvgIpc) is 2.65. The fourth-order valence-electron chi connectivity index (χ4n) is 2.41. The Kier molecular flexibility index (Phi) is 4.38. The van der Waals surface area contributed by atoms with Gasteiger partial charge in [0.1, 0.15) is 5.82 Å². The summed E-state index contributed by atoms with van der Waals surface area (Å²) in [6.07, 6.45) is 0. The first-order chi connectivity index (χ1) is 9.40. The van der Waals surface area contributed by atoms with Crippen LogP contribution >= 0.6 is 15.9 Å². The van der Waals surface area contributed by atoms with Crippen molar-refractivity contribution < 1.29 is 0 Å². The van der Waals surface area contributed by atoms with Crippen molar-refractivity contribution in [1.29, 1.82) is 0 Å². The van der Waals surface area contributed by atoms with Crippen LogP contribution in [0.3, 0.4) is 0 Å². The van der Waals surface area contributed by atoms with Gasteiger partial charge in [-0.1, -0.05) is 41.9 Å². The maximum absolute atomic E-state index is 6.26. The first-order valence-corrected chi connectivity index (χ1v) is 7.47. The number of halogens is 1. The molecule has 4 nitrogen and oxygen atoms in total. The largest absolute Gasteiger partial charge is 0.394 e. The number of hydrogen-bond donors (Lipinski definition) is 1. The summed E-state index contributed by atoms with van der Waals surface area (Å²) in [5.74, 6) is 1.29. The zero-order valence-electron chi connectivity index (χ0n) is 12.4. The highest BCUT2D eigenvalue weighted by atomic mass is 79.9. The van der Waals surface area contributed by atoms with Gasteiger partial charge in [0.05, 0.1) is 11.4 Å². The smallest absolute Gasteiger partial charge is 0.150 e. The molecule has 0 aliphatic carbocycles. The van der Waals surface area contributed by atoms with E-state index in [4.69, 9.17) is 5.73 Å². The van der Waals surface area contributed by atoms with Crippen LogP contribution in [0, 0.1) is 0 Å². The van der Waals surface area contributed by atoms with Crippen molar-refractivity contribution in [3.8, 4) is 0 Å². The van der Waals surface area contributed by atoms with Crippen molar-refractivity contribution in [2.75, 3.05) is 17.7 Å². The van der Waals surface area contributed by atoms with Gasteiger partial charge in [0.15, 0.2) is 0 Å². The van der Waals surface area contributed by atoms with Crippen LogP contribution in [0.2, 0.25) is 0 Å². The van der Waals surface area contributed by atoms with Crippen LogP contribution in [-0.4, -0.2) is 16.8 Å². The van der Waals surface area contributed by atoms with Gasteiger partial charge < -0.3 is 10.6 Å². The molecule has 5 heteroatoms. The molecule has 0 unspecified atom stereocenters. The Morgan fingerprint density at radius 3 is 2.65 bits per heavy atom. The zero-order valence-corrected chi connectivity index (χ0v) is 14.0. The summed E-state index contributed by atoms with van der Waals surface area (Å²) < 4.78 is 2.95. The minimum atomic E-state index is 0.328.